The highest BCUT2D eigenvalue weighted by molar-refractivity contribution is 6.24. The topological polar surface area (TPSA) is 132 Å². The molecule has 0 spiro atoms. The zero-order valence-electron chi connectivity index (χ0n) is 23.4. The van der Waals surface area contributed by atoms with Crippen molar-refractivity contribution in [3.63, 3.8) is 0 Å². The van der Waals surface area contributed by atoms with Crippen LogP contribution in [0, 0.1) is 28.6 Å². The minimum absolute atomic E-state index is 0.0917. The van der Waals surface area contributed by atoms with Crippen LogP contribution >= 0.6 is 0 Å². The van der Waals surface area contributed by atoms with Crippen molar-refractivity contribution in [2.24, 2.45) is 28.6 Å². The number of phenolic OH excluding ortho intramolecular Hbond substituents is 1. The van der Waals surface area contributed by atoms with Crippen molar-refractivity contribution in [1.82, 2.24) is 0 Å². The van der Waals surface area contributed by atoms with E-state index < -0.39 is 56.8 Å². The van der Waals surface area contributed by atoms with Gasteiger partial charge in [-0.05, 0) is 61.6 Å². The van der Waals surface area contributed by atoms with Crippen LogP contribution < -0.4 is 0 Å². The summed E-state index contributed by atoms with van der Waals surface area (Å²) in [5.41, 5.74) is -3.76. The molecular weight excluding hydrogens is 484 g/mol. The molecule has 0 saturated heterocycles. The Morgan fingerprint density at radius 3 is 2.26 bits per heavy atom. The quantitative estimate of drug-likeness (QED) is 0.378. The van der Waals surface area contributed by atoms with Crippen molar-refractivity contribution in [3.05, 3.63) is 45.7 Å². The number of carbonyl (C=O) groups is 3. The van der Waals surface area contributed by atoms with Crippen LogP contribution in [0.15, 0.2) is 29.0 Å². The van der Waals surface area contributed by atoms with E-state index in [1.165, 1.54) is 6.07 Å². The van der Waals surface area contributed by atoms with Crippen molar-refractivity contribution in [2.75, 3.05) is 0 Å². The molecule has 3 aliphatic carbocycles. The molecule has 0 amide bonds. The second-order valence-electron chi connectivity index (χ2n) is 12.8. The van der Waals surface area contributed by atoms with Gasteiger partial charge in [0, 0.05) is 22.3 Å². The number of Topliss-reactive ketones (excluding diaryl/α,β-unsaturated/α-hetero) is 3. The number of aliphatic hydroxyl groups excluding tert-OH is 2. The lowest BCUT2D eigenvalue weighted by atomic mass is 9.43. The predicted molar refractivity (Wildman–Crippen MR) is 144 cm³/mol. The van der Waals surface area contributed by atoms with Gasteiger partial charge in [0.25, 0.3) is 0 Å². The zero-order valence-corrected chi connectivity index (χ0v) is 23.4. The lowest BCUT2D eigenvalue weighted by Crippen LogP contribution is -2.69. The Hall–Kier alpha value is -2.93. The third kappa shape index (κ3) is 3.69. The van der Waals surface area contributed by atoms with Gasteiger partial charge in [-0.1, -0.05) is 54.0 Å². The van der Waals surface area contributed by atoms with Gasteiger partial charge in [-0.25, -0.2) is 0 Å². The summed E-state index contributed by atoms with van der Waals surface area (Å²) in [4.78, 5) is 40.3. The highest BCUT2D eigenvalue weighted by Gasteiger charge is 2.72. The molecule has 4 atom stereocenters. The van der Waals surface area contributed by atoms with E-state index in [0.29, 0.717) is 12.3 Å². The fourth-order valence-corrected chi connectivity index (χ4v) is 7.71. The van der Waals surface area contributed by atoms with Crippen molar-refractivity contribution in [1.29, 1.82) is 0 Å². The van der Waals surface area contributed by atoms with E-state index in [2.05, 4.69) is 13.8 Å². The summed E-state index contributed by atoms with van der Waals surface area (Å²) in [6.07, 6.45) is 3.11. The minimum Gasteiger partial charge on any atom is -0.508 e. The number of carbonyl (C=O) groups excluding carboxylic acids is 3. The van der Waals surface area contributed by atoms with E-state index in [-0.39, 0.29) is 29.2 Å². The Kier molecular flexibility index (Phi) is 6.71. The maximum atomic E-state index is 14.3. The summed E-state index contributed by atoms with van der Waals surface area (Å²) in [6, 6.07) is 3.36. The van der Waals surface area contributed by atoms with Gasteiger partial charge in [0.15, 0.2) is 17.2 Å². The molecule has 7 heteroatoms. The molecule has 206 valence electrons. The molecule has 1 aromatic carbocycles. The van der Waals surface area contributed by atoms with Crippen LogP contribution in [0.4, 0.5) is 0 Å². The van der Waals surface area contributed by atoms with Gasteiger partial charge in [-0.2, -0.15) is 0 Å². The molecule has 3 aliphatic rings. The average molecular weight is 525 g/mol. The lowest BCUT2D eigenvalue weighted by molar-refractivity contribution is -0.178. The van der Waals surface area contributed by atoms with Gasteiger partial charge < -0.3 is 20.4 Å². The monoisotopic (exact) mass is 524 g/mol. The van der Waals surface area contributed by atoms with E-state index in [4.69, 9.17) is 0 Å². The minimum atomic E-state index is -2.58. The standard InChI is InChI=1S/C31H40O7/c1-15(2)9-8-10-18-11-12-20(33)22-19(18)13-29(6)14-30(7)23(16(3)4)25(34)21(17(5)32)27(36)31(30,38)28(37)24(29)26(22)35/h11-12,15-16,23,33,35-36,38H,8-10,13-14H2,1-7H3/t23?,29-,30-,31+/m1/s1. The first-order chi connectivity index (χ1) is 17.5. The predicted octanol–water partition coefficient (Wildman–Crippen LogP) is 5.17. The number of rotatable bonds is 6. The van der Waals surface area contributed by atoms with Gasteiger partial charge in [0.05, 0.1) is 5.56 Å². The molecule has 0 radical (unpaired) electrons. The summed E-state index contributed by atoms with van der Waals surface area (Å²) < 4.78 is 0. The highest BCUT2D eigenvalue weighted by atomic mass is 16.3. The fraction of sp³-hybridized carbons (Fsp3) is 0.581. The third-order valence-corrected chi connectivity index (χ3v) is 9.21. The van der Waals surface area contributed by atoms with Crippen molar-refractivity contribution < 1.29 is 34.8 Å². The van der Waals surface area contributed by atoms with Crippen molar-refractivity contribution in [3.8, 4) is 5.75 Å². The number of phenols is 1. The SMILES string of the molecule is CC(=O)C1=C(O)[C@]2(O)C(=O)C3=C(O)c4c(O)ccc(CCCC(C)C)c4C[C@]3(C)C[C@]2(C)C(C(C)C)C1=O. The van der Waals surface area contributed by atoms with Gasteiger partial charge >= 0.3 is 0 Å². The molecule has 1 unspecified atom stereocenters. The summed E-state index contributed by atoms with van der Waals surface area (Å²) >= 11 is 0. The van der Waals surface area contributed by atoms with Crippen molar-refractivity contribution in [2.45, 2.75) is 86.2 Å². The number of aliphatic hydroxyl groups is 3. The first-order valence-electron chi connectivity index (χ1n) is 13.6. The molecule has 1 fully saturated rings. The molecule has 0 aliphatic heterocycles. The Morgan fingerprint density at radius 1 is 1.08 bits per heavy atom. The molecular formula is C31H40O7. The second-order valence-corrected chi connectivity index (χ2v) is 12.8. The summed E-state index contributed by atoms with van der Waals surface area (Å²) in [6.45, 7) is 12.5. The zero-order chi connectivity index (χ0) is 28.5. The van der Waals surface area contributed by atoms with Crippen molar-refractivity contribution >= 4 is 23.1 Å². The van der Waals surface area contributed by atoms with Gasteiger partial charge in [-0.3, -0.25) is 14.4 Å². The molecule has 1 aromatic rings. The molecule has 7 nitrogen and oxygen atoms in total. The normalized spacial score (nSPS) is 31.1. The number of hydrogen-bond acceptors (Lipinski definition) is 7. The van der Waals surface area contributed by atoms with Crippen LogP contribution in [-0.2, 0) is 27.2 Å². The number of benzene rings is 1. The maximum absolute atomic E-state index is 14.3. The van der Waals surface area contributed by atoms with Crippen LogP contribution in [-0.4, -0.2) is 43.4 Å². The summed E-state index contributed by atoms with van der Waals surface area (Å²) in [5.74, 6) is -4.50. The third-order valence-electron chi connectivity index (χ3n) is 9.21. The number of hydrogen-bond donors (Lipinski definition) is 4. The van der Waals surface area contributed by atoms with E-state index in [1.807, 2.05) is 13.0 Å². The molecule has 4 rings (SSSR count). The van der Waals surface area contributed by atoms with Crippen LogP contribution in [0.5, 0.6) is 5.75 Å². The summed E-state index contributed by atoms with van der Waals surface area (Å²) in [7, 11) is 0. The Morgan fingerprint density at radius 2 is 1.71 bits per heavy atom. The highest BCUT2D eigenvalue weighted by Crippen LogP contribution is 2.65. The van der Waals surface area contributed by atoms with Gasteiger partial charge in [-0.15, -0.1) is 0 Å². The van der Waals surface area contributed by atoms with Gasteiger partial charge in [0.2, 0.25) is 5.78 Å². The maximum Gasteiger partial charge on any atom is 0.203 e. The van der Waals surface area contributed by atoms with Crippen LogP contribution in [0.25, 0.3) is 5.76 Å². The molecule has 38 heavy (non-hydrogen) atoms. The van der Waals surface area contributed by atoms with E-state index in [1.54, 1.807) is 20.8 Å². The van der Waals surface area contributed by atoms with E-state index in [0.717, 1.165) is 37.3 Å². The molecule has 0 heterocycles. The number of fused-ring (bicyclic) bond motifs is 3. The first-order valence-corrected chi connectivity index (χ1v) is 13.6. The van der Waals surface area contributed by atoms with E-state index >= 15 is 0 Å². The van der Waals surface area contributed by atoms with Gasteiger partial charge in [0.1, 0.15) is 22.8 Å². The average Bonchev–Trinajstić information content (AvgIpc) is 2.77. The number of aryl methyl sites for hydroxylation is 1. The van der Waals surface area contributed by atoms with Crippen LogP contribution in [0.3, 0.4) is 0 Å². The van der Waals surface area contributed by atoms with Crippen LogP contribution in [0.1, 0.15) is 84.4 Å². The Labute approximate surface area is 224 Å². The number of allylic oxidation sites excluding steroid dienone is 1. The largest absolute Gasteiger partial charge is 0.508 e. The first kappa shape index (κ1) is 28.1. The number of ketones is 3. The van der Waals surface area contributed by atoms with Crippen LogP contribution in [0.2, 0.25) is 0 Å². The fourth-order valence-electron chi connectivity index (χ4n) is 7.71. The second kappa shape index (κ2) is 9.08. The molecule has 0 aromatic heterocycles. The molecule has 1 saturated carbocycles. The molecule has 4 N–H and O–H groups in total. The smallest absolute Gasteiger partial charge is 0.203 e. The van der Waals surface area contributed by atoms with E-state index in [9.17, 15) is 34.8 Å². The number of aromatic hydroxyl groups is 1. The Bertz CT molecular complexity index is 1300. The lowest BCUT2D eigenvalue weighted by Gasteiger charge is -2.59. The Balaban J connectivity index is 1.98. The molecule has 0 bridgehead atoms. The summed E-state index contributed by atoms with van der Waals surface area (Å²) in [5, 5.41) is 45.6.